The molecule has 0 saturated carbocycles. The fourth-order valence-electron chi connectivity index (χ4n) is 3.46. The Labute approximate surface area is 220 Å². The number of sulfone groups is 1. The zero-order chi connectivity index (χ0) is 27.1. The number of benzene rings is 3. The molecule has 0 aliphatic carbocycles. The summed E-state index contributed by atoms with van der Waals surface area (Å²) in [5.41, 5.74) is 1.21. The number of hydrogen-bond acceptors (Lipinski definition) is 6. The van der Waals surface area contributed by atoms with Crippen LogP contribution >= 0.6 is 11.6 Å². The second-order valence-corrected chi connectivity index (χ2v) is 12.3. The molecule has 3 aromatic carbocycles. The van der Waals surface area contributed by atoms with Crippen molar-refractivity contribution in [3.8, 4) is 0 Å². The molecule has 9 nitrogen and oxygen atoms in total. The predicted molar refractivity (Wildman–Crippen MR) is 139 cm³/mol. The number of halogens is 1. The Hall–Kier alpha value is -3.25. The van der Waals surface area contributed by atoms with Crippen LogP contribution in [0.15, 0.2) is 88.7 Å². The molecule has 0 fully saturated rings. The number of carboxylic acid groups (broad SMARTS) is 1. The van der Waals surface area contributed by atoms with Crippen LogP contribution in [0.5, 0.6) is 0 Å². The van der Waals surface area contributed by atoms with Gasteiger partial charge in [-0.2, -0.15) is 0 Å². The molecule has 0 saturated heterocycles. The molecule has 196 valence electrons. The standard InChI is InChI=1S/C25H25ClN2O7S2/c26-20-9-11-21(12-10-20)37(34,35)27-14-13-19-7-4-8-22(15-19)36(32,33)17-24(29)28-23(25(30)31)16-18-5-2-1-3-6-18/h1-12,15,23,27H,13-14,16-17H2,(H,28,29)(H,30,31). The van der Waals surface area contributed by atoms with Gasteiger partial charge in [-0.1, -0.05) is 54.1 Å². The van der Waals surface area contributed by atoms with Crippen molar-refractivity contribution in [3.05, 3.63) is 95.0 Å². The first-order valence-corrected chi connectivity index (χ1v) is 14.6. The second kappa shape index (κ2) is 12.3. The van der Waals surface area contributed by atoms with E-state index in [2.05, 4.69) is 10.0 Å². The van der Waals surface area contributed by atoms with Gasteiger partial charge in [0, 0.05) is 18.0 Å². The van der Waals surface area contributed by atoms with Crippen LogP contribution in [0.4, 0.5) is 0 Å². The molecule has 3 aromatic rings. The highest BCUT2D eigenvalue weighted by atomic mass is 35.5. The number of carboxylic acids is 1. The summed E-state index contributed by atoms with van der Waals surface area (Å²) in [4.78, 5) is 23.9. The molecule has 3 N–H and O–H groups in total. The van der Waals surface area contributed by atoms with Gasteiger partial charge in [0.15, 0.2) is 9.84 Å². The Kier molecular flexibility index (Phi) is 9.44. The number of aliphatic carboxylic acids is 1. The van der Waals surface area contributed by atoms with Crippen molar-refractivity contribution in [3.63, 3.8) is 0 Å². The van der Waals surface area contributed by atoms with Crippen LogP contribution in [-0.2, 0) is 42.3 Å². The highest BCUT2D eigenvalue weighted by Gasteiger charge is 2.25. The number of amides is 1. The third-order valence-electron chi connectivity index (χ3n) is 5.32. The molecule has 1 amide bonds. The third-order valence-corrected chi connectivity index (χ3v) is 8.67. The van der Waals surface area contributed by atoms with Crippen molar-refractivity contribution in [1.29, 1.82) is 0 Å². The van der Waals surface area contributed by atoms with E-state index in [1.165, 1.54) is 42.5 Å². The maximum Gasteiger partial charge on any atom is 0.326 e. The molecule has 0 aliphatic heterocycles. The lowest BCUT2D eigenvalue weighted by Gasteiger charge is -2.15. The van der Waals surface area contributed by atoms with Gasteiger partial charge in [-0.3, -0.25) is 4.79 Å². The minimum atomic E-state index is -4.08. The topological polar surface area (TPSA) is 147 Å². The lowest BCUT2D eigenvalue weighted by molar-refractivity contribution is -0.141. The molecule has 0 spiro atoms. The van der Waals surface area contributed by atoms with E-state index in [9.17, 15) is 31.5 Å². The van der Waals surface area contributed by atoms with E-state index in [0.29, 0.717) is 16.1 Å². The van der Waals surface area contributed by atoms with Crippen LogP contribution in [0.2, 0.25) is 5.02 Å². The summed E-state index contributed by atoms with van der Waals surface area (Å²) in [6.07, 6.45) is 0.198. The van der Waals surface area contributed by atoms with Crippen LogP contribution in [0, 0.1) is 0 Å². The van der Waals surface area contributed by atoms with E-state index in [1.54, 1.807) is 36.4 Å². The number of hydrogen-bond donors (Lipinski definition) is 3. The lowest BCUT2D eigenvalue weighted by Crippen LogP contribution is -2.44. The monoisotopic (exact) mass is 564 g/mol. The number of nitrogens with one attached hydrogen (secondary N) is 2. The van der Waals surface area contributed by atoms with Crippen molar-refractivity contribution >= 4 is 43.3 Å². The smallest absolute Gasteiger partial charge is 0.326 e. The van der Waals surface area contributed by atoms with Gasteiger partial charge in [-0.15, -0.1) is 0 Å². The van der Waals surface area contributed by atoms with Crippen LogP contribution in [0.25, 0.3) is 0 Å². The molecule has 0 radical (unpaired) electrons. The number of carbonyl (C=O) groups excluding carboxylic acids is 1. The molecule has 37 heavy (non-hydrogen) atoms. The summed E-state index contributed by atoms with van der Waals surface area (Å²) >= 11 is 5.79. The number of sulfonamides is 1. The Bertz CT molecular complexity index is 1460. The molecule has 0 aliphatic rings. The van der Waals surface area contributed by atoms with Crippen molar-refractivity contribution in [1.82, 2.24) is 10.0 Å². The van der Waals surface area contributed by atoms with Crippen LogP contribution < -0.4 is 10.0 Å². The predicted octanol–water partition coefficient (Wildman–Crippen LogP) is 2.45. The molecular formula is C25H25ClN2O7S2. The summed E-state index contributed by atoms with van der Waals surface area (Å²) < 4.78 is 52.9. The van der Waals surface area contributed by atoms with Crippen molar-refractivity contribution in [2.75, 3.05) is 12.3 Å². The molecule has 0 bridgehead atoms. The maximum absolute atomic E-state index is 12.8. The van der Waals surface area contributed by atoms with E-state index in [4.69, 9.17) is 11.6 Å². The largest absolute Gasteiger partial charge is 0.480 e. The van der Waals surface area contributed by atoms with E-state index in [1.807, 2.05) is 0 Å². The van der Waals surface area contributed by atoms with Gasteiger partial charge in [0.2, 0.25) is 15.9 Å². The third kappa shape index (κ3) is 8.39. The van der Waals surface area contributed by atoms with Gasteiger partial charge in [-0.25, -0.2) is 26.4 Å². The Morgan fingerprint density at radius 1 is 0.838 bits per heavy atom. The van der Waals surface area contributed by atoms with Gasteiger partial charge in [0.1, 0.15) is 11.8 Å². The highest BCUT2D eigenvalue weighted by Crippen LogP contribution is 2.16. The van der Waals surface area contributed by atoms with Crippen molar-refractivity contribution < 1.29 is 31.5 Å². The zero-order valence-electron chi connectivity index (χ0n) is 19.5. The fourth-order valence-corrected chi connectivity index (χ4v) is 5.83. The SMILES string of the molecule is O=C(CS(=O)(=O)c1cccc(CCNS(=O)(=O)c2ccc(Cl)cc2)c1)NC(Cc1ccccc1)C(=O)O. The molecule has 1 atom stereocenters. The second-order valence-electron chi connectivity index (χ2n) is 8.16. The van der Waals surface area contributed by atoms with E-state index in [0.717, 1.165) is 0 Å². The Morgan fingerprint density at radius 3 is 2.14 bits per heavy atom. The highest BCUT2D eigenvalue weighted by molar-refractivity contribution is 7.92. The van der Waals surface area contributed by atoms with Crippen molar-refractivity contribution in [2.45, 2.75) is 28.7 Å². The Morgan fingerprint density at radius 2 is 1.49 bits per heavy atom. The minimum Gasteiger partial charge on any atom is -0.480 e. The average molecular weight is 565 g/mol. The van der Waals surface area contributed by atoms with Gasteiger partial charge in [0.25, 0.3) is 0 Å². The molecule has 0 aromatic heterocycles. The molecule has 12 heteroatoms. The van der Waals surface area contributed by atoms with Gasteiger partial charge >= 0.3 is 5.97 Å². The normalized spacial score (nSPS) is 12.6. The first-order valence-electron chi connectivity index (χ1n) is 11.1. The quantitative estimate of drug-likeness (QED) is 0.306. The first kappa shape index (κ1) is 28.3. The summed E-state index contributed by atoms with van der Waals surface area (Å²) in [5.74, 6) is -3.15. The van der Waals surface area contributed by atoms with Crippen LogP contribution in [0.1, 0.15) is 11.1 Å². The summed E-state index contributed by atoms with van der Waals surface area (Å²) in [6, 6.07) is 18.8. The zero-order valence-corrected chi connectivity index (χ0v) is 21.9. The summed E-state index contributed by atoms with van der Waals surface area (Å²) in [7, 11) is -7.85. The van der Waals surface area contributed by atoms with E-state index in [-0.39, 0.29) is 29.2 Å². The maximum atomic E-state index is 12.8. The first-order chi connectivity index (χ1) is 17.5. The van der Waals surface area contributed by atoms with E-state index >= 15 is 0 Å². The fraction of sp³-hybridized carbons (Fsp3) is 0.200. The molecular weight excluding hydrogens is 540 g/mol. The van der Waals surface area contributed by atoms with Gasteiger partial charge in [0.05, 0.1) is 9.79 Å². The molecule has 1 unspecified atom stereocenters. The average Bonchev–Trinajstić information content (AvgIpc) is 2.84. The molecule has 0 heterocycles. The van der Waals surface area contributed by atoms with Gasteiger partial charge in [-0.05, 0) is 53.9 Å². The van der Waals surface area contributed by atoms with Crippen molar-refractivity contribution in [2.24, 2.45) is 0 Å². The minimum absolute atomic E-state index is 0.00335. The molecule has 3 rings (SSSR count). The Balaban J connectivity index is 1.61. The number of carbonyl (C=O) groups is 2. The summed E-state index contributed by atoms with van der Waals surface area (Å²) in [6.45, 7) is 0.00866. The number of rotatable bonds is 12. The van der Waals surface area contributed by atoms with E-state index < -0.39 is 43.5 Å². The van der Waals surface area contributed by atoms with Gasteiger partial charge < -0.3 is 10.4 Å². The summed E-state index contributed by atoms with van der Waals surface area (Å²) in [5, 5.41) is 12.1. The lowest BCUT2D eigenvalue weighted by atomic mass is 10.1. The van der Waals surface area contributed by atoms with Crippen LogP contribution in [-0.4, -0.2) is 52.2 Å². The van der Waals surface area contributed by atoms with Crippen LogP contribution in [0.3, 0.4) is 0 Å².